The van der Waals surface area contributed by atoms with Gasteiger partial charge in [-0.25, -0.2) is 0 Å². The molecule has 2 N–H and O–H groups in total. The third-order valence-corrected chi connectivity index (χ3v) is 0. The summed E-state index contributed by atoms with van der Waals surface area (Å²) in [6.07, 6.45) is 0. The predicted octanol–water partition coefficient (Wildman–Crippen LogP) is -1.15. The number of hydrogen-bond donors (Lipinski definition) is 2. The van der Waals surface area contributed by atoms with Crippen molar-refractivity contribution < 1.29 is 23.0 Å². The molecule has 0 aromatic heterocycles. The van der Waals surface area contributed by atoms with E-state index < -0.39 is 10.4 Å². The molecular formula is H2CaO5S. The average Bonchev–Trinajstić information content (AvgIpc) is 0.722. The van der Waals surface area contributed by atoms with Gasteiger partial charge in [0.15, 0.2) is 0 Å². The van der Waals surface area contributed by atoms with E-state index >= 15 is 0 Å². The van der Waals surface area contributed by atoms with Crippen LogP contribution in [0.15, 0.2) is 0 Å². The van der Waals surface area contributed by atoms with Crippen LogP contribution >= 0.6 is 0 Å². The second-order valence-corrected chi connectivity index (χ2v) is 1.34. The maximum atomic E-state index is 8.74. The zero-order valence-corrected chi connectivity index (χ0v) is 6.26. The molecule has 0 aliphatic rings. The second-order valence-electron chi connectivity index (χ2n) is 0.448. The van der Waals surface area contributed by atoms with Crippen molar-refractivity contribution in [3.63, 3.8) is 0 Å². The standard InChI is InChI=1S/Ca.H2O4S.O/c;1-5(2,3)4;/h;(H2,1,2,3,4);/q+2;;-2. The largest absolute Gasteiger partial charge is 2.00 e. The first kappa shape index (κ1) is 15.7. The molecule has 0 bridgehead atoms. The molecule has 0 fully saturated rings. The maximum absolute atomic E-state index is 8.74. The van der Waals surface area contributed by atoms with Crippen LogP contribution in [0, 0.1) is 0 Å². The van der Waals surface area contributed by atoms with Gasteiger partial charge in [0.2, 0.25) is 0 Å². The molecule has 0 amide bonds. The van der Waals surface area contributed by atoms with Crippen LogP contribution in [-0.4, -0.2) is 55.3 Å². The molecule has 0 unspecified atom stereocenters. The maximum Gasteiger partial charge on any atom is 2.00 e. The van der Waals surface area contributed by atoms with Gasteiger partial charge in [0.1, 0.15) is 0 Å². The van der Waals surface area contributed by atoms with Crippen LogP contribution in [0.4, 0.5) is 0 Å². The SMILES string of the molecule is O=S(=O)(O)O.[Ca+2].[O-2]. The Morgan fingerprint density at radius 1 is 1.14 bits per heavy atom. The molecular weight excluding hydrogens is 152 g/mol. The summed E-state index contributed by atoms with van der Waals surface area (Å²) in [4.78, 5) is 0. The molecule has 0 saturated heterocycles. The van der Waals surface area contributed by atoms with Gasteiger partial charge in [0, 0.05) is 0 Å². The fourth-order valence-corrected chi connectivity index (χ4v) is 0. The van der Waals surface area contributed by atoms with Gasteiger partial charge in [0.25, 0.3) is 0 Å². The van der Waals surface area contributed by atoms with Gasteiger partial charge in [-0.2, -0.15) is 8.42 Å². The fourth-order valence-electron chi connectivity index (χ4n) is 0. The smallest absolute Gasteiger partial charge is 2.00 e. The van der Waals surface area contributed by atoms with E-state index in [2.05, 4.69) is 0 Å². The normalized spacial score (nSPS) is 8.29. The van der Waals surface area contributed by atoms with E-state index in [4.69, 9.17) is 17.5 Å². The summed E-state index contributed by atoms with van der Waals surface area (Å²) >= 11 is 0. The van der Waals surface area contributed by atoms with Crippen molar-refractivity contribution in [3.8, 4) is 0 Å². The fraction of sp³-hybridized carbons (Fsp3) is 0. The van der Waals surface area contributed by atoms with Crippen LogP contribution in [0.2, 0.25) is 0 Å². The van der Waals surface area contributed by atoms with Crippen molar-refractivity contribution in [2.24, 2.45) is 0 Å². The third-order valence-electron chi connectivity index (χ3n) is 0. The number of rotatable bonds is 0. The molecule has 0 rings (SSSR count). The van der Waals surface area contributed by atoms with Crippen LogP contribution in [0.5, 0.6) is 0 Å². The number of hydrogen-bond acceptors (Lipinski definition) is 2. The van der Waals surface area contributed by atoms with E-state index in [-0.39, 0.29) is 43.2 Å². The summed E-state index contributed by atoms with van der Waals surface area (Å²) in [5.41, 5.74) is 0. The minimum atomic E-state index is -4.67. The Bertz CT molecular complexity index is 91.2. The molecule has 5 nitrogen and oxygen atoms in total. The Kier molecular flexibility index (Phi) is 11.7. The quantitative estimate of drug-likeness (QED) is 0.339. The molecule has 0 aromatic rings. The first-order valence-electron chi connectivity index (χ1n) is 0.698. The average molecular weight is 154 g/mol. The third kappa shape index (κ3) is 155. The van der Waals surface area contributed by atoms with Crippen LogP contribution in [0.25, 0.3) is 0 Å². The van der Waals surface area contributed by atoms with Gasteiger partial charge in [-0.3, -0.25) is 9.11 Å². The van der Waals surface area contributed by atoms with E-state index in [1.807, 2.05) is 0 Å². The van der Waals surface area contributed by atoms with Crippen molar-refractivity contribution in [1.82, 2.24) is 0 Å². The molecule has 0 atom stereocenters. The minimum absolute atomic E-state index is 0. The van der Waals surface area contributed by atoms with Gasteiger partial charge in [-0.05, 0) is 0 Å². The second kappa shape index (κ2) is 5.23. The van der Waals surface area contributed by atoms with Crippen LogP contribution in [0.3, 0.4) is 0 Å². The summed E-state index contributed by atoms with van der Waals surface area (Å²) < 4.78 is 31.6. The summed E-state index contributed by atoms with van der Waals surface area (Å²) in [5.74, 6) is 0. The van der Waals surface area contributed by atoms with Crippen molar-refractivity contribution in [1.29, 1.82) is 0 Å². The van der Waals surface area contributed by atoms with Crippen LogP contribution < -0.4 is 0 Å². The summed E-state index contributed by atoms with van der Waals surface area (Å²) in [6.45, 7) is 0. The van der Waals surface area contributed by atoms with E-state index in [9.17, 15) is 0 Å². The van der Waals surface area contributed by atoms with Crippen molar-refractivity contribution in [2.75, 3.05) is 0 Å². The van der Waals surface area contributed by atoms with E-state index in [0.29, 0.717) is 0 Å². The minimum Gasteiger partial charge on any atom is -2.00 e. The molecule has 7 heteroatoms. The molecule has 0 spiro atoms. The van der Waals surface area contributed by atoms with Gasteiger partial charge in [-0.15, -0.1) is 0 Å². The summed E-state index contributed by atoms with van der Waals surface area (Å²) in [7, 11) is -4.67. The molecule has 0 aliphatic heterocycles. The van der Waals surface area contributed by atoms with Gasteiger partial charge >= 0.3 is 48.1 Å². The zero-order valence-electron chi connectivity index (χ0n) is 3.23. The molecule has 0 radical (unpaired) electrons. The van der Waals surface area contributed by atoms with Crippen molar-refractivity contribution in [2.45, 2.75) is 0 Å². The summed E-state index contributed by atoms with van der Waals surface area (Å²) in [5, 5.41) is 0. The monoisotopic (exact) mass is 154 g/mol. The van der Waals surface area contributed by atoms with E-state index in [1.54, 1.807) is 0 Å². The van der Waals surface area contributed by atoms with E-state index in [1.165, 1.54) is 0 Å². The van der Waals surface area contributed by atoms with E-state index in [0.717, 1.165) is 0 Å². The van der Waals surface area contributed by atoms with Gasteiger partial charge in [-0.1, -0.05) is 0 Å². The molecule has 0 saturated carbocycles. The van der Waals surface area contributed by atoms with Crippen LogP contribution in [-0.2, 0) is 15.9 Å². The van der Waals surface area contributed by atoms with Gasteiger partial charge in [0.05, 0.1) is 0 Å². The molecule has 40 valence electrons. The predicted molar refractivity (Wildman–Crippen MR) is 20.6 cm³/mol. The molecule has 7 heavy (non-hydrogen) atoms. The Balaban J connectivity index is -0.0000000800. The van der Waals surface area contributed by atoms with Crippen molar-refractivity contribution >= 4 is 48.1 Å². The van der Waals surface area contributed by atoms with Crippen LogP contribution in [0.1, 0.15) is 0 Å². The zero-order chi connectivity index (χ0) is 4.50. The first-order chi connectivity index (χ1) is 2.00. The Hall–Kier alpha value is 1.09. The van der Waals surface area contributed by atoms with Crippen molar-refractivity contribution in [3.05, 3.63) is 0 Å². The Morgan fingerprint density at radius 2 is 1.14 bits per heavy atom. The summed E-state index contributed by atoms with van der Waals surface area (Å²) in [6, 6.07) is 0. The molecule has 0 heterocycles. The molecule has 0 aromatic carbocycles. The topological polar surface area (TPSA) is 103 Å². The van der Waals surface area contributed by atoms with Gasteiger partial charge < -0.3 is 5.48 Å². The Labute approximate surface area is 70.6 Å². The Morgan fingerprint density at radius 3 is 1.14 bits per heavy atom. The first-order valence-corrected chi connectivity index (χ1v) is 2.10. The molecule has 0 aliphatic carbocycles.